The maximum Gasteiger partial charge on any atom is 0.330 e. The molecular formula is C21H25N5O4. The summed E-state index contributed by atoms with van der Waals surface area (Å²) < 4.78 is 6.43. The summed E-state index contributed by atoms with van der Waals surface area (Å²) in [6.07, 6.45) is 1.54. The third kappa shape index (κ3) is 4.05. The van der Waals surface area contributed by atoms with Crippen LogP contribution in [0.2, 0.25) is 0 Å². The summed E-state index contributed by atoms with van der Waals surface area (Å²) in [6.45, 7) is 5.69. The Bertz CT molecular complexity index is 1140. The van der Waals surface area contributed by atoms with E-state index in [1.54, 1.807) is 13.8 Å². The summed E-state index contributed by atoms with van der Waals surface area (Å²) >= 11 is 0. The third-order valence-corrected chi connectivity index (χ3v) is 4.90. The maximum absolute atomic E-state index is 13.5. The average molecular weight is 411 g/mol. The van der Waals surface area contributed by atoms with Crippen LogP contribution in [0.3, 0.4) is 0 Å². The molecule has 158 valence electrons. The second-order valence-corrected chi connectivity index (χ2v) is 7.07. The number of nitrogens with zero attached hydrogens (tertiary/aromatic N) is 3. The number of nitrogens with one attached hydrogen (secondary N) is 1. The van der Waals surface area contributed by atoms with Crippen molar-refractivity contribution in [3.05, 3.63) is 73.8 Å². The summed E-state index contributed by atoms with van der Waals surface area (Å²) in [5.74, 6) is -0.189. The maximum atomic E-state index is 13.5. The first-order valence-corrected chi connectivity index (χ1v) is 9.76. The first-order valence-electron chi connectivity index (χ1n) is 9.76. The molecule has 0 radical (unpaired) electrons. The number of unbranched alkanes of at least 4 members (excludes halogenated alkanes) is 1. The Morgan fingerprint density at radius 3 is 2.53 bits per heavy atom. The number of anilines is 2. The predicted molar refractivity (Wildman–Crippen MR) is 114 cm³/mol. The molecule has 0 bridgehead atoms. The smallest absolute Gasteiger partial charge is 0.330 e. The monoisotopic (exact) mass is 411 g/mol. The number of nitrogens with two attached hydrogens (primary N) is 1. The van der Waals surface area contributed by atoms with E-state index in [1.807, 2.05) is 37.3 Å². The molecule has 0 fully saturated rings. The van der Waals surface area contributed by atoms with E-state index in [-0.39, 0.29) is 23.6 Å². The lowest BCUT2D eigenvalue weighted by atomic mass is 10.1. The van der Waals surface area contributed by atoms with E-state index in [2.05, 4.69) is 10.1 Å². The first-order chi connectivity index (χ1) is 14.3. The molecule has 2 heterocycles. The zero-order chi connectivity index (χ0) is 21.8. The van der Waals surface area contributed by atoms with Gasteiger partial charge in [-0.2, -0.15) is 0 Å². The van der Waals surface area contributed by atoms with Gasteiger partial charge < -0.3 is 10.3 Å². The van der Waals surface area contributed by atoms with Crippen molar-refractivity contribution >= 4 is 17.4 Å². The fraction of sp³-hybridized carbons (Fsp3) is 0.333. The number of hydrogen-bond donors (Lipinski definition) is 2. The third-order valence-electron chi connectivity index (χ3n) is 4.90. The number of carbonyl (C=O) groups is 1. The zero-order valence-corrected chi connectivity index (χ0v) is 17.3. The van der Waals surface area contributed by atoms with Gasteiger partial charge >= 0.3 is 5.69 Å². The van der Waals surface area contributed by atoms with Crippen molar-refractivity contribution in [1.82, 2.24) is 14.7 Å². The van der Waals surface area contributed by atoms with E-state index in [0.717, 1.165) is 12.0 Å². The number of amides is 1. The van der Waals surface area contributed by atoms with Gasteiger partial charge in [0.2, 0.25) is 0 Å². The number of carbonyl (C=O) groups excluding carboxylic acids is 1. The minimum Gasteiger partial charge on any atom is -0.383 e. The highest BCUT2D eigenvalue weighted by Crippen LogP contribution is 2.24. The number of nitrogen functional groups attached to an aromatic ring is 1. The molecule has 1 amide bonds. The molecule has 0 aliphatic heterocycles. The van der Waals surface area contributed by atoms with E-state index in [4.69, 9.17) is 10.3 Å². The topological polar surface area (TPSA) is 127 Å². The average Bonchev–Trinajstić information content (AvgIpc) is 3.05. The van der Waals surface area contributed by atoms with E-state index < -0.39 is 17.2 Å². The minimum atomic E-state index is -0.721. The molecule has 9 nitrogen and oxygen atoms in total. The molecule has 0 aliphatic rings. The van der Waals surface area contributed by atoms with Gasteiger partial charge in [0, 0.05) is 6.54 Å². The second kappa shape index (κ2) is 8.81. The molecule has 0 saturated heterocycles. The van der Waals surface area contributed by atoms with Gasteiger partial charge in [0.15, 0.2) is 5.69 Å². The van der Waals surface area contributed by atoms with Gasteiger partial charge in [0.1, 0.15) is 17.1 Å². The van der Waals surface area contributed by atoms with Crippen LogP contribution in [0.5, 0.6) is 0 Å². The Kier molecular flexibility index (Phi) is 6.20. The van der Waals surface area contributed by atoms with Crippen molar-refractivity contribution in [2.24, 2.45) is 0 Å². The normalized spacial score (nSPS) is 10.9. The number of hydrogen-bond acceptors (Lipinski definition) is 6. The molecule has 3 N–H and O–H groups in total. The van der Waals surface area contributed by atoms with Crippen LogP contribution in [0.4, 0.5) is 11.5 Å². The van der Waals surface area contributed by atoms with Crippen LogP contribution in [-0.4, -0.2) is 20.6 Å². The molecule has 0 unspecified atom stereocenters. The molecule has 9 heteroatoms. The van der Waals surface area contributed by atoms with Gasteiger partial charge in [-0.3, -0.25) is 24.0 Å². The van der Waals surface area contributed by atoms with Gasteiger partial charge in [-0.1, -0.05) is 48.8 Å². The summed E-state index contributed by atoms with van der Waals surface area (Å²) in [7, 11) is 0. The molecule has 3 aromatic rings. The van der Waals surface area contributed by atoms with Crippen molar-refractivity contribution < 1.29 is 9.32 Å². The Balaban J connectivity index is 2.19. The van der Waals surface area contributed by atoms with E-state index in [1.165, 1.54) is 9.47 Å². The van der Waals surface area contributed by atoms with Crippen molar-refractivity contribution in [1.29, 1.82) is 0 Å². The van der Waals surface area contributed by atoms with Crippen LogP contribution in [0.1, 0.15) is 47.1 Å². The standard InChI is InChI=1S/C21H25N5O4/c1-4-5-11-25-18(22)17(19(27)23-21(25)29)26(12-15-9-7-6-8-10-15)20(28)16-13(2)24-30-14(16)3/h6-10H,4-5,11-12,22H2,1-3H3,(H,23,27,29). The van der Waals surface area contributed by atoms with Crippen LogP contribution in [0.15, 0.2) is 44.4 Å². The number of aromatic nitrogens is 3. The lowest BCUT2D eigenvalue weighted by Gasteiger charge is -2.24. The number of rotatable bonds is 7. The minimum absolute atomic E-state index is 0.0479. The van der Waals surface area contributed by atoms with Crippen molar-refractivity contribution in [3.8, 4) is 0 Å². The van der Waals surface area contributed by atoms with Gasteiger partial charge in [0.25, 0.3) is 11.5 Å². The van der Waals surface area contributed by atoms with E-state index in [9.17, 15) is 14.4 Å². The lowest BCUT2D eigenvalue weighted by Crippen LogP contribution is -2.41. The molecular weight excluding hydrogens is 386 g/mol. The molecule has 0 saturated carbocycles. The molecule has 0 aliphatic carbocycles. The molecule has 30 heavy (non-hydrogen) atoms. The van der Waals surface area contributed by atoms with Crippen molar-refractivity contribution in [2.75, 3.05) is 10.6 Å². The summed E-state index contributed by atoms with van der Waals surface area (Å²) in [4.78, 5) is 42.2. The highest BCUT2D eigenvalue weighted by molar-refractivity contribution is 6.08. The van der Waals surface area contributed by atoms with Crippen molar-refractivity contribution in [2.45, 2.75) is 46.7 Å². The van der Waals surface area contributed by atoms with Gasteiger partial charge in [-0.15, -0.1) is 0 Å². The predicted octanol–water partition coefficient (Wildman–Crippen LogP) is 2.37. The van der Waals surface area contributed by atoms with E-state index in [0.29, 0.717) is 24.4 Å². The van der Waals surface area contributed by atoms with Crippen molar-refractivity contribution in [3.63, 3.8) is 0 Å². The quantitative estimate of drug-likeness (QED) is 0.614. The number of H-pyrrole nitrogens is 1. The van der Waals surface area contributed by atoms with Crippen LogP contribution in [-0.2, 0) is 13.1 Å². The zero-order valence-electron chi connectivity index (χ0n) is 17.3. The highest BCUT2D eigenvalue weighted by Gasteiger charge is 2.29. The Morgan fingerprint density at radius 1 is 1.23 bits per heavy atom. The van der Waals surface area contributed by atoms with Crippen LogP contribution in [0, 0.1) is 13.8 Å². The largest absolute Gasteiger partial charge is 0.383 e. The van der Waals surface area contributed by atoms with Gasteiger partial charge in [-0.25, -0.2) is 4.79 Å². The molecule has 1 aromatic carbocycles. The highest BCUT2D eigenvalue weighted by atomic mass is 16.5. The lowest BCUT2D eigenvalue weighted by molar-refractivity contribution is 0.0982. The summed E-state index contributed by atoms with van der Waals surface area (Å²) in [5, 5.41) is 3.84. The fourth-order valence-corrected chi connectivity index (χ4v) is 3.32. The fourth-order valence-electron chi connectivity index (χ4n) is 3.32. The van der Waals surface area contributed by atoms with Gasteiger partial charge in [-0.05, 0) is 25.8 Å². The first kappa shape index (κ1) is 21.1. The number of benzene rings is 1. The molecule has 0 spiro atoms. The van der Waals surface area contributed by atoms with Crippen LogP contribution in [0.25, 0.3) is 0 Å². The second-order valence-electron chi connectivity index (χ2n) is 7.07. The Hall–Kier alpha value is -3.62. The number of aromatic amines is 1. The molecule has 0 atom stereocenters. The Morgan fingerprint density at radius 2 is 1.93 bits per heavy atom. The summed E-state index contributed by atoms with van der Waals surface area (Å²) in [5.41, 5.74) is 6.33. The van der Waals surface area contributed by atoms with Crippen LogP contribution >= 0.6 is 0 Å². The van der Waals surface area contributed by atoms with Crippen LogP contribution < -0.4 is 21.9 Å². The SMILES string of the molecule is CCCCn1c(N)c(N(Cc2ccccc2)C(=O)c2c(C)noc2C)c(=O)[nH]c1=O. The number of aryl methyl sites for hydroxylation is 2. The molecule has 2 aromatic heterocycles. The molecule has 3 rings (SSSR count). The summed E-state index contributed by atoms with van der Waals surface area (Å²) in [6, 6.07) is 9.21. The Labute approximate surface area is 173 Å². The van der Waals surface area contributed by atoms with Gasteiger partial charge in [0.05, 0.1) is 12.2 Å². The van der Waals surface area contributed by atoms with E-state index >= 15 is 0 Å².